The highest BCUT2D eigenvalue weighted by Crippen LogP contribution is 2.35. The van der Waals surface area contributed by atoms with Crippen molar-refractivity contribution >= 4 is 5.91 Å². The van der Waals surface area contributed by atoms with Crippen LogP contribution < -0.4 is 5.32 Å². The van der Waals surface area contributed by atoms with Crippen LogP contribution in [0.4, 0.5) is 22.0 Å². The molecule has 1 aromatic carbocycles. The minimum Gasteiger partial charge on any atom is -0.339 e. The van der Waals surface area contributed by atoms with Gasteiger partial charge in [-0.1, -0.05) is 6.07 Å². The van der Waals surface area contributed by atoms with Crippen molar-refractivity contribution in [3.8, 4) is 0 Å². The number of aromatic nitrogens is 2. The van der Waals surface area contributed by atoms with Gasteiger partial charge in [0.25, 0.3) is 0 Å². The fraction of sp³-hybridized carbons (Fsp3) is 0.333. The number of benzene rings is 1. The molecule has 1 amide bonds. The van der Waals surface area contributed by atoms with Crippen LogP contribution >= 0.6 is 0 Å². The summed E-state index contributed by atoms with van der Waals surface area (Å²) in [5.41, 5.74) is -0.0807. The Morgan fingerprint density at radius 3 is 2.29 bits per heavy atom. The van der Waals surface area contributed by atoms with E-state index in [-0.39, 0.29) is 0 Å². The lowest BCUT2D eigenvalue weighted by Gasteiger charge is -2.23. The zero-order valence-electron chi connectivity index (χ0n) is 12.8. The number of amides is 1. The van der Waals surface area contributed by atoms with Crippen LogP contribution in [0.2, 0.25) is 0 Å². The van der Waals surface area contributed by atoms with E-state index in [0.29, 0.717) is 23.5 Å². The molecule has 24 heavy (non-hydrogen) atoms. The summed E-state index contributed by atoms with van der Waals surface area (Å²) < 4.78 is 68.1. The monoisotopic (exact) mass is 347 g/mol. The molecule has 0 bridgehead atoms. The predicted molar refractivity (Wildman–Crippen MR) is 75.0 cm³/mol. The molecule has 1 aromatic heterocycles. The van der Waals surface area contributed by atoms with Gasteiger partial charge in [-0.3, -0.25) is 9.48 Å². The summed E-state index contributed by atoms with van der Waals surface area (Å²) in [5.74, 6) is -3.83. The second-order valence-electron chi connectivity index (χ2n) is 5.26. The molecule has 130 valence electrons. The summed E-state index contributed by atoms with van der Waals surface area (Å²) >= 11 is 0. The van der Waals surface area contributed by atoms with E-state index in [1.54, 1.807) is 25.2 Å². The number of carbonyl (C=O) groups excluding carboxylic acids is 1. The van der Waals surface area contributed by atoms with E-state index >= 15 is 0 Å². The van der Waals surface area contributed by atoms with Crippen molar-refractivity contribution in [3.05, 3.63) is 52.9 Å². The molecule has 1 N–H and O–H groups in total. The van der Waals surface area contributed by atoms with E-state index in [4.69, 9.17) is 0 Å². The van der Waals surface area contributed by atoms with Gasteiger partial charge in [0.05, 0.1) is 11.3 Å². The Hall–Kier alpha value is -2.45. The maximum atomic E-state index is 13.7. The fourth-order valence-corrected chi connectivity index (χ4v) is 2.28. The first kappa shape index (κ1) is 17.9. The Bertz CT molecular complexity index is 734. The molecule has 0 aliphatic rings. The highest BCUT2D eigenvalue weighted by molar-refractivity contribution is 5.76. The van der Waals surface area contributed by atoms with Gasteiger partial charge in [-0.05, 0) is 32.0 Å². The maximum Gasteiger partial charge on any atom is 0.413 e. The average molecular weight is 347 g/mol. The molecular weight excluding hydrogens is 333 g/mol. The molecular formula is C15H14F5N3O. The van der Waals surface area contributed by atoms with Crippen molar-refractivity contribution in [3.63, 3.8) is 0 Å². The quantitative estimate of drug-likeness (QED) is 0.864. The molecule has 2 rings (SSSR count). The minimum absolute atomic E-state index is 0.498. The van der Waals surface area contributed by atoms with Crippen LogP contribution in [0.1, 0.15) is 23.0 Å². The summed E-state index contributed by atoms with van der Waals surface area (Å²) in [4.78, 5) is 11.9. The molecule has 0 spiro atoms. The molecule has 9 heteroatoms. The highest BCUT2D eigenvalue weighted by Gasteiger charge is 2.44. The van der Waals surface area contributed by atoms with Gasteiger partial charge in [-0.25, -0.2) is 8.78 Å². The predicted octanol–water partition coefficient (Wildman–Crippen LogP) is 3.20. The fourth-order valence-electron chi connectivity index (χ4n) is 2.28. The molecule has 0 saturated carbocycles. The van der Waals surface area contributed by atoms with E-state index in [1.165, 1.54) is 4.68 Å². The normalized spacial score (nSPS) is 13.0. The average Bonchev–Trinajstić information content (AvgIpc) is 2.74. The summed E-state index contributed by atoms with van der Waals surface area (Å²) in [7, 11) is 0. The highest BCUT2D eigenvalue weighted by atomic mass is 19.4. The Balaban J connectivity index is 2.27. The Kier molecular flexibility index (Phi) is 4.91. The number of nitrogens with one attached hydrogen (secondary N) is 1. The van der Waals surface area contributed by atoms with E-state index in [0.717, 1.165) is 6.07 Å². The van der Waals surface area contributed by atoms with Gasteiger partial charge < -0.3 is 5.32 Å². The molecule has 1 atom stereocenters. The van der Waals surface area contributed by atoms with Crippen LogP contribution in [0.25, 0.3) is 0 Å². The van der Waals surface area contributed by atoms with E-state index in [9.17, 15) is 26.7 Å². The number of aryl methyl sites for hydroxylation is 2. The van der Waals surface area contributed by atoms with Crippen molar-refractivity contribution in [2.75, 3.05) is 0 Å². The van der Waals surface area contributed by atoms with Crippen LogP contribution in [-0.2, 0) is 11.3 Å². The summed E-state index contributed by atoms with van der Waals surface area (Å²) in [5, 5.41) is 5.59. The van der Waals surface area contributed by atoms with Gasteiger partial charge in [0.15, 0.2) is 6.04 Å². The molecule has 4 nitrogen and oxygen atoms in total. The number of hydrogen-bond acceptors (Lipinski definition) is 2. The summed E-state index contributed by atoms with van der Waals surface area (Å²) in [6.07, 6.45) is -5.06. The number of hydrogen-bond donors (Lipinski definition) is 1. The molecule has 0 fully saturated rings. The zero-order chi connectivity index (χ0) is 18.1. The third-order valence-corrected chi connectivity index (χ3v) is 3.32. The number of rotatable bonds is 4. The van der Waals surface area contributed by atoms with Gasteiger partial charge in [0, 0.05) is 5.69 Å². The summed E-state index contributed by atoms with van der Waals surface area (Å²) in [6, 6.07) is 1.20. The topological polar surface area (TPSA) is 46.9 Å². The smallest absolute Gasteiger partial charge is 0.339 e. The first-order valence-corrected chi connectivity index (χ1v) is 6.90. The van der Waals surface area contributed by atoms with Gasteiger partial charge in [-0.2, -0.15) is 18.3 Å². The van der Waals surface area contributed by atoms with Crippen LogP contribution in [-0.4, -0.2) is 21.9 Å². The van der Waals surface area contributed by atoms with Crippen molar-refractivity contribution in [1.29, 1.82) is 0 Å². The first-order valence-electron chi connectivity index (χ1n) is 6.90. The second-order valence-corrected chi connectivity index (χ2v) is 5.26. The molecule has 0 radical (unpaired) electrons. The SMILES string of the molecule is Cc1cc(C)n(CC(=O)N[C@H](c2c(F)cccc2F)C(F)(F)F)n1. The Morgan fingerprint density at radius 1 is 1.25 bits per heavy atom. The van der Waals surface area contributed by atoms with Crippen LogP contribution in [0.15, 0.2) is 24.3 Å². The minimum atomic E-state index is -5.06. The largest absolute Gasteiger partial charge is 0.413 e. The third kappa shape index (κ3) is 3.90. The van der Waals surface area contributed by atoms with Crippen molar-refractivity contribution in [1.82, 2.24) is 15.1 Å². The van der Waals surface area contributed by atoms with Crippen LogP contribution in [0.3, 0.4) is 0 Å². The standard InChI is InChI=1S/C15H14F5N3O/c1-8-6-9(2)23(22-8)7-12(24)21-14(15(18,19)20)13-10(16)4-3-5-11(13)17/h3-6,14H,7H2,1-2H3,(H,21,24)/t14-/m1/s1. The molecule has 0 unspecified atom stereocenters. The van der Waals surface area contributed by atoms with Gasteiger partial charge in [-0.15, -0.1) is 0 Å². The maximum absolute atomic E-state index is 13.7. The van der Waals surface area contributed by atoms with Crippen LogP contribution in [0, 0.1) is 25.5 Å². The lowest BCUT2D eigenvalue weighted by Crippen LogP contribution is -2.41. The van der Waals surface area contributed by atoms with Gasteiger partial charge in [0.1, 0.15) is 18.2 Å². The number of nitrogens with zero attached hydrogens (tertiary/aromatic N) is 2. The lowest BCUT2D eigenvalue weighted by molar-refractivity contribution is -0.164. The van der Waals surface area contributed by atoms with E-state index in [1.807, 2.05) is 0 Å². The number of halogens is 5. The van der Waals surface area contributed by atoms with Gasteiger partial charge >= 0.3 is 6.18 Å². The molecule has 0 aliphatic carbocycles. The molecule has 2 aromatic rings. The second kappa shape index (κ2) is 6.58. The zero-order valence-corrected chi connectivity index (χ0v) is 12.8. The Labute approximate surface area is 134 Å². The van der Waals surface area contributed by atoms with Crippen LogP contribution in [0.5, 0.6) is 0 Å². The van der Waals surface area contributed by atoms with Crippen molar-refractivity contribution < 1.29 is 26.7 Å². The molecule has 1 heterocycles. The number of alkyl halides is 3. The first-order chi connectivity index (χ1) is 11.1. The van der Waals surface area contributed by atoms with Crippen molar-refractivity contribution in [2.45, 2.75) is 32.6 Å². The third-order valence-electron chi connectivity index (χ3n) is 3.32. The molecule has 0 aliphatic heterocycles. The number of carbonyl (C=O) groups is 1. The summed E-state index contributed by atoms with van der Waals surface area (Å²) in [6.45, 7) is 2.79. The Morgan fingerprint density at radius 2 is 1.83 bits per heavy atom. The van der Waals surface area contributed by atoms with E-state index in [2.05, 4.69) is 5.10 Å². The molecule has 0 saturated heterocycles. The van der Waals surface area contributed by atoms with Gasteiger partial charge in [0.2, 0.25) is 5.91 Å². The van der Waals surface area contributed by atoms with E-state index < -0.39 is 41.9 Å². The lowest BCUT2D eigenvalue weighted by atomic mass is 10.0. The van der Waals surface area contributed by atoms with Crippen molar-refractivity contribution in [2.24, 2.45) is 0 Å².